The van der Waals surface area contributed by atoms with E-state index in [2.05, 4.69) is 18.3 Å². The number of carbonyl (C=O) groups excluding carboxylic acids is 1. The second-order valence-corrected chi connectivity index (χ2v) is 7.86. The largest absolute Gasteiger partial charge is 0.312 e. The van der Waals surface area contributed by atoms with E-state index < -0.39 is 0 Å². The van der Waals surface area contributed by atoms with Crippen molar-refractivity contribution in [1.29, 1.82) is 5.26 Å². The van der Waals surface area contributed by atoms with Crippen LogP contribution in [0.1, 0.15) is 46.1 Å². The summed E-state index contributed by atoms with van der Waals surface area (Å²) in [6.07, 6.45) is 4.13. The van der Waals surface area contributed by atoms with Gasteiger partial charge in [-0.25, -0.2) is 0 Å². The average Bonchev–Trinajstić information content (AvgIpc) is 2.92. The molecule has 1 aromatic carbocycles. The molecule has 0 saturated carbocycles. The number of halogens is 2. The first-order valence-electron chi connectivity index (χ1n) is 7.84. The third-order valence-corrected chi connectivity index (χ3v) is 6.19. The molecule has 1 amide bonds. The maximum absolute atomic E-state index is 12.5. The van der Waals surface area contributed by atoms with Crippen molar-refractivity contribution in [2.75, 3.05) is 5.32 Å². The number of anilines is 1. The molecule has 0 spiro atoms. The van der Waals surface area contributed by atoms with Gasteiger partial charge < -0.3 is 5.32 Å². The van der Waals surface area contributed by atoms with Crippen molar-refractivity contribution in [3.05, 3.63) is 49.8 Å². The number of amides is 1. The minimum absolute atomic E-state index is 0.311. The summed E-state index contributed by atoms with van der Waals surface area (Å²) in [7, 11) is 0. The van der Waals surface area contributed by atoms with Crippen molar-refractivity contribution in [2.24, 2.45) is 5.92 Å². The molecule has 6 heteroatoms. The van der Waals surface area contributed by atoms with Crippen LogP contribution in [-0.2, 0) is 12.8 Å². The normalized spacial score (nSPS) is 16.3. The molecule has 1 aliphatic carbocycles. The lowest BCUT2D eigenvalue weighted by Crippen LogP contribution is -2.13. The fourth-order valence-corrected chi connectivity index (χ4v) is 4.73. The Bertz CT molecular complexity index is 838. The van der Waals surface area contributed by atoms with Crippen LogP contribution in [0.4, 0.5) is 5.00 Å². The van der Waals surface area contributed by atoms with Crippen LogP contribution in [0.3, 0.4) is 0 Å². The number of hydrogen-bond acceptors (Lipinski definition) is 3. The van der Waals surface area contributed by atoms with E-state index in [0.29, 0.717) is 32.1 Å². The monoisotopic (exact) mass is 378 g/mol. The van der Waals surface area contributed by atoms with Gasteiger partial charge in [0.15, 0.2) is 0 Å². The van der Waals surface area contributed by atoms with E-state index in [0.717, 1.165) is 31.2 Å². The zero-order chi connectivity index (χ0) is 17.3. The molecule has 1 atom stereocenters. The number of nitriles is 1. The zero-order valence-corrected chi connectivity index (χ0v) is 15.5. The summed E-state index contributed by atoms with van der Waals surface area (Å²) in [4.78, 5) is 13.8. The first-order valence-corrected chi connectivity index (χ1v) is 9.41. The number of thiophene rings is 1. The zero-order valence-electron chi connectivity index (χ0n) is 13.2. The molecule has 24 heavy (non-hydrogen) atoms. The van der Waals surface area contributed by atoms with E-state index in [4.69, 9.17) is 23.2 Å². The molecule has 0 saturated heterocycles. The first kappa shape index (κ1) is 17.3. The summed E-state index contributed by atoms with van der Waals surface area (Å²) in [6.45, 7) is 2.19. The number of rotatable bonds is 3. The molecule has 3 rings (SSSR count). The van der Waals surface area contributed by atoms with Gasteiger partial charge in [0, 0.05) is 9.90 Å². The molecule has 1 aromatic heterocycles. The van der Waals surface area contributed by atoms with Gasteiger partial charge in [0.2, 0.25) is 0 Å². The van der Waals surface area contributed by atoms with Crippen LogP contribution in [0.5, 0.6) is 0 Å². The van der Waals surface area contributed by atoms with E-state index in [1.807, 2.05) is 0 Å². The molecular weight excluding hydrogens is 363 g/mol. The first-order chi connectivity index (χ1) is 11.5. The molecule has 2 aromatic rings. The van der Waals surface area contributed by atoms with Crippen molar-refractivity contribution in [2.45, 2.75) is 32.6 Å². The maximum atomic E-state index is 12.5. The Kier molecular flexibility index (Phi) is 5.15. The Labute approximate surface area is 155 Å². The lowest BCUT2D eigenvalue weighted by atomic mass is 9.86. The summed E-state index contributed by atoms with van der Waals surface area (Å²) in [6, 6.07) is 7.02. The van der Waals surface area contributed by atoms with Crippen LogP contribution < -0.4 is 5.32 Å². The highest BCUT2D eigenvalue weighted by Gasteiger charge is 2.26. The summed E-state index contributed by atoms with van der Waals surface area (Å²) in [5, 5.41) is 13.8. The summed E-state index contributed by atoms with van der Waals surface area (Å²) >= 11 is 13.5. The van der Waals surface area contributed by atoms with Crippen molar-refractivity contribution >= 4 is 45.4 Å². The molecular formula is C18H16Cl2N2OS. The van der Waals surface area contributed by atoms with Gasteiger partial charge in [0.25, 0.3) is 5.91 Å². The lowest BCUT2D eigenvalue weighted by molar-refractivity contribution is 0.102. The third kappa shape index (κ3) is 3.30. The van der Waals surface area contributed by atoms with Crippen molar-refractivity contribution in [3.8, 4) is 6.07 Å². The number of hydrogen-bond donors (Lipinski definition) is 1. The molecule has 3 nitrogen and oxygen atoms in total. The Morgan fingerprint density at radius 2 is 2.25 bits per heavy atom. The van der Waals surface area contributed by atoms with Crippen molar-refractivity contribution < 1.29 is 4.79 Å². The minimum atomic E-state index is -0.343. The Morgan fingerprint density at radius 3 is 2.96 bits per heavy atom. The molecule has 124 valence electrons. The van der Waals surface area contributed by atoms with E-state index in [9.17, 15) is 10.1 Å². The molecule has 0 bridgehead atoms. The predicted octanol–water partition coefficient (Wildman–Crippen LogP) is 5.69. The lowest BCUT2D eigenvalue weighted by Gasteiger charge is -2.20. The third-order valence-electron chi connectivity index (χ3n) is 4.46. The highest BCUT2D eigenvalue weighted by Crippen LogP contribution is 2.40. The molecule has 0 fully saturated rings. The van der Waals surface area contributed by atoms with Crippen LogP contribution in [0, 0.1) is 17.2 Å². The fraction of sp³-hybridized carbons (Fsp3) is 0.333. The van der Waals surface area contributed by atoms with Crippen LogP contribution in [0.2, 0.25) is 10.0 Å². The van der Waals surface area contributed by atoms with Gasteiger partial charge in [-0.1, -0.05) is 36.5 Å². The van der Waals surface area contributed by atoms with E-state index in [-0.39, 0.29) is 5.91 Å². The Balaban J connectivity index is 1.91. The standard InChI is InChI=1S/C18H16Cl2N2OS/c1-2-10-3-5-12-14(9-21)18(24-16(12)7-10)22-17(23)13-8-11(19)4-6-15(13)20/h4,6,8,10H,2-3,5,7H2,1H3,(H,22,23)/t10-/m0/s1. The number of fused-ring (bicyclic) bond motifs is 1. The van der Waals surface area contributed by atoms with Gasteiger partial charge in [-0.2, -0.15) is 5.26 Å². The van der Waals surface area contributed by atoms with Crippen LogP contribution in [0.25, 0.3) is 0 Å². The number of carbonyl (C=O) groups is 1. The number of nitrogens with zero attached hydrogens (tertiary/aromatic N) is 1. The van der Waals surface area contributed by atoms with Gasteiger partial charge in [-0.15, -0.1) is 11.3 Å². The van der Waals surface area contributed by atoms with E-state index >= 15 is 0 Å². The minimum Gasteiger partial charge on any atom is -0.312 e. The van der Waals surface area contributed by atoms with Crippen LogP contribution >= 0.6 is 34.5 Å². The summed E-state index contributed by atoms with van der Waals surface area (Å²) in [5.41, 5.74) is 2.00. The molecule has 0 aliphatic heterocycles. The van der Waals surface area contributed by atoms with Gasteiger partial charge in [0.1, 0.15) is 11.1 Å². The number of nitrogens with one attached hydrogen (secondary N) is 1. The fourth-order valence-electron chi connectivity index (χ4n) is 3.05. The quantitative estimate of drug-likeness (QED) is 0.744. The van der Waals surface area contributed by atoms with Gasteiger partial charge in [-0.3, -0.25) is 4.79 Å². The Morgan fingerprint density at radius 1 is 1.46 bits per heavy atom. The molecule has 0 radical (unpaired) electrons. The van der Waals surface area contributed by atoms with Gasteiger partial charge in [-0.05, 0) is 48.9 Å². The van der Waals surface area contributed by atoms with Crippen LogP contribution in [0.15, 0.2) is 18.2 Å². The van der Waals surface area contributed by atoms with Crippen molar-refractivity contribution in [1.82, 2.24) is 0 Å². The molecule has 1 aliphatic rings. The summed E-state index contributed by atoms with van der Waals surface area (Å²) < 4.78 is 0. The average molecular weight is 379 g/mol. The summed E-state index contributed by atoms with van der Waals surface area (Å²) in [5.74, 6) is 0.318. The van der Waals surface area contributed by atoms with Gasteiger partial charge >= 0.3 is 0 Å². The second-order valence-electron chi connectivity index (χ2n) is 5.92. The predicted molar refractivity (Wildman–Crippen MR) is 99.3 cm³/mol. The van der Waals surface area contributed by atoms with Crippen LogP contribution in [-0.4, -0.2) is 5.91 Å². The molecule has 1 N–H and O–H groups in total. The van der Waals surface area contributed by atoms with Crippen molar-refractivity contribution in [3.63, 3.8) is 0 Å². The second kappa shape index (κ2) is 7.14. The molecule has 0 unspecified atom stereocenters. The SMILES string of the molecule is CC[C@H]1CCc2c(sc(NC(=O)c3cc(Cl)ccc3Cl)c2C#N)C1. The maximum Gasteiger partial charge on any atom is 0.257 e. The van der Waals surface area contributed by atoms with Gasteiger partial charge in [0.05, 0.1) is 16.1 Å². The van der Waals surface area contributed by atoms with E-state index in [1.165, 1.54) is 22.3 Å². The highest BCUT2D eigenvalue weighted by atomic mass is 35.5. The topological polar surface area (TPSA) is 52.9 Å². The number of benzene rings is 1. The Hall–Kier alpha value is -1.54. The smallest absolute Gasteiger partial charge is 0.257 e. The highest BCUT2D eigenvalue weighted by molar-refractivity contribution is 7.16. The molecule has 1 heterocycles. The van der Waals surface area contributed by atoms with E-state index in [1.54, 1.807) is 12.1 Å².